The first-order valence-electron chi connectivity index (χ1n) is 15.9. The van der Waals surface area contributed by atoms with Crippen molar-refractivity contribution in [2.24, 2.45) is 0 Å². The molecule has 0 aliphatic heterocycles. The Balaban J connectivity index is 0.000000208. The van der Waals surface area contributed by atoms with Crippen LogP contribution < -0.4 is 16.4 Å². The summed E-state index contributed by atoms with van der Waals surface area (Å²) in [6, 6.07) is 9.79. The highest BCUT2D eigenvalue weighted by Crippen LogP contribution is 2.24. The first-order chi connectivity index (χ1) is 20.8. The van der Waals surface area contributed by atoms with Crippen LogP contribution in [0.2, 0.25) is 0 Å². The molecule has 8 heteroatoms. The van der Waals surface area contributed by atoms with E-state index in [-0.39, 0.29) is 22.6 Å². The molecular weight excluding hydrogens is 542 g/mol. The summed E-state index contributed by atoms with van der Waals surface area (Å²) in [5.41, 5.74) is 4.89. The van der Waals surface area contributed by atoms with Crippen LogP contribution in [0.1, 0.15) is 114 Å². The van der Waals surface area contributed by atoms with Crippen molar-refractivity contribution in [2.45, 2.75) is 111 Å². The van der Waals surface area contributed by atoms with E-state index in [1.165, 1.54) is 5.56 Å². The number of nitrogens with one attached hydrogen (secondary N) is 1. The quantitative estimate of drug-likeness (QED) is 0.317. The van der Waals surface area contributed by atoms with Gasteiger partial charge in [0.25, 0.3) is 17.0 Å². The van der Waals surface area contributed by atoms with Crippen LogP contribution >= 0.6 is 0 Å². The van der Waals surface area contributed by atoms with Crippen molar-refractivity contribution in [1.82, 2.24) is 14.5 Å². The number of unbranched alkanes of at least 4 members (excludes halogenated alkanes) is 2. The van der Waals surface area contributed by atoms with E-state index in [1.807, 2.05) is 42.7 Å². The fraction of sp³-hybridized carbons (Fsp3) is 0.486. The van der Waals surface area contributed by atoms with E-state index < -0.39 is 5.97 Å². The van der Waals surface area contributed by atoms with E-state index in [2.05, 4.69) is 19.2 Å². The third kappa shape index (κ3) is 7.92. The summed E-state index contributed by atoms with van der Waals surface area (Å²) in [5, 5.41) is 12.2. The van der Waals surface area contributed by atoms with Gasteiger partial charge in [0.2, 0.25) is 0 Å². The van der Waals surface area contributed by atoms with Gasteiger partial charge in [-0.15, -0.1) is 0 Å². The molecule has 0 saturated heterocycles. The molecule has 1 aromatic carbocycles. The lowest BCUT2D eigenvalue weighted by Crippen LogP contribution is -2.36. The second kappa shape index (κ2) is 15.5. The van der Waals surface area contributed by atoms with Gasteiger partial charge in [0.05, 0.1) is 0 Å². The topological polar surface area (TPSA) is 110 Å². The van der Waals surface area contributed by atoms with Crippen LogP contribution in [0.4, 0.5) is 0 Å². The predicted octanol–water partition coefficient (Wildman–Crippen LogP) is 5.68. The van der Waals surface area contributed by atoms with Gasteiger partial charge in [-0.3, -0.25) is 14.4 Å². The van der Waals surface area contributed by atoms with Gasteiger partial charge in [0.15, 0.2) is 0 Å². The van der Waals surface area contributed by atoms with Gasteiger partial charge in [-0.05, 0) is 92.0 Å². The fourth-order valence-corrected chi connectivity index (χ4v) is 6.06. The number of pyridine rings is 2. The molecule has 2 aromatic heterocycles. The third-order valence-corrected chi connectivity index (χ3v) is 8.44. The van der Waals surface area contributed by atoms with Crippen LogP contribution in [0.15, 0.2) is 52.3 Å². The minimum Gasteiger partial charge on any atom is -0.477 e. The van der Waals surface area contributed by atoms with Crippen molar-refractivity contribution in [3.63, 3.8) is 0 Å². The molecule has 1 amide bonds. The minimum atomic E-state index is -1.08. The Morgan fingerprint density at radius 3 is 1.74 bits per heavy atom. The Kier molecular flexibility index (Phi) is 11.5. The van der Waals surface area contributed by atoms with Gasteiger partial charge >= 0.3 is 5.97 Å². The maximum atomic E-state index is 12.9. The molecule has 2 aliphatic rings. The summed E-state index contributed by atoms with van der Waals surface area (Å²) in [5.74, 6) is -1.32. The molecule has 43 heavy (non-hydrogen) atoms. The molecule has 0 saturated carbocycles. The number of hydrogen-bond acceptors (Lipinski definition) is 4. The molecule has 2 aliphatic carbocycles. The van der Waals surface area contributed by atoms with Crippen LogP contribution in [-0.4, -0.2) is 26.1 Å². The minimum absolute atomic E-state index is 0.00306. The lowest BCUT2D eigenvalue weighted by molar-refractivity contribution is 0.0692. The largest absolute Gasteiger partial charge is 0.477 e. The molecule has 2 heterocycles. The highest BCUT2D eigenvalue weighted by molar-refractivity contribution is 5.95. The summed E-state index contributed by atoms with van der Waals surface area (Å²) >= 11 is 0. The van der Waals surface area contributed by atoms with Crippen molar-refractivity contribution >= 4 is 11.9 Å². The van der Waals surface area contributed by atoms with Gasteiger partial charge in [-0.25, -0.2) is 4.79 Å². The zero-order chi connectivity index (χ0) is 30.8. The van der Waals surface area contributed by atoms with Crippen molar-refractivity contribution in [2.75, 3.05) is 0 Å². The molecule has 0 fully saturated rings. The highest BCUT2D eigenvalue weighted by atomic mass is 16.4. The van der Waals surface area contributed by atoms with Crippen LogP contribution in [-0.2, 0) is 45.3 Å². The zero-order valence-corrected chi connectivity index (χ0v) is 25.6. The molecule has 8 nitrogen and oxygen atoms in total. The Morgan fingerprint density at radius 2 is 1.23 bits per heavy atom. The third-order valence-electron chi connectivity index (χ3n) is 8.44. The van der Waals surface area contributed by atoms with Gasteiger partial charge in [-0.2, -0.15) is 0 Å². The fourth-order valence-electron chi connectivity index (χ4n) is 6.06. The van der Waals surface area contributed by atoms with E-state index in [4.69, 9.17) is 0 Å². The number of rotatable bonds is 10. The van der Waals surface area contributed by atoms with Crippen molar-refractivity contribution < 1.29 is 14.7 Å². The molecule has 230 valence electrons. The van der Waals surface area contributed by atoms with E-state index in [9.17, 15) is 24.3 Å². The Hall–Kier alpha value is -3.94. The second-order valence-corrected chi connectivity index (χ2v) is 11.6. The average Bonchev–Trinajstić information content (AvgIpc) is 3.02. The van der Waals surface area contributed by atoms with Crippen molar-refractivity contribution in [3.05, 3.63) is 102 Å². The Bertz CT molecular complexity index is 1540. The van der Waals surface area contributed by atoms with E-state index in [0.717, 1.165) is 99.3 Å². The molecule has 0 atom stereocenters. The van der Waals surface area contributed by atoms with E-state index in [1.54, 1.807) is 9.13 Å². The number of fused-ring (bicyclic) bond motifs is 2. The number of nitrogens with zero attached hydrogens (tertiary/aromatic N) is 2. The standard InChI is InChI=1S/C21H26N2O2.C14H19NO3/c1-2-3-13-23-15-17-11-7-8-12-18(17)19(21(23)25)20(24)22-14-16-9-5-4-6-10-16;1-2-3-8-15-9-10-6-4-5-7-11(10)12(13(15)16)14(17)18/h4-6,9-10,15H,2-3,7-8,11-14H2,1H3,(H,22,24);9H,2-8H2,1H3,(H,17,18). The first-order valence-corrected chi connectivity index (χ1v) is 15.9. The van der Waals surface area contributed by atoms with Crippen LogP contribution in [0.3, 0.4) is 0 Å². The van der Waals surface area contributed by atoms with Gasteiger partial charge < -0.3 is 19.6 Å². The lowest BCUT2D eigenvalue weighted by Gasteiger charge is -2.21. The molecule has 2 N–H and O–H groups in total. The van der Waals surface area contributed by atoms with Crippen LogP contribution in [0, 0.1) is 0 Å². The highest BCUT2D eigenvalue weighted by Gasteiger charge is 2.24. The number of carboxylic acids is 1. The molecule has 0 bridgehead atoms. The van der Waals surface area contributed by atoms with Crippen molar-refractivity contribution in [3.8, 4) is 0 Å². The monoisotopic (exact) mass is 587 g/mol. The predicted molar refractivity (Wildman–Crippen MR) is 169 cm³/mol. The van der Waals surface area contributed by atoms with E-state index in [0.29, 0.717) is 25.2 Å². The number of hydrogen-bond donors (Lipinski definition) is 2. The van der Waals surface area contributed by atoms with Crippen LogP contribution in [0.25, 0.3) is 0 Å². The number of benzene rings is 1. The number of amides is 1. The number of carbonyl (C=O) groups excluding carboxylic acids is 1. The number of aryl methyl sites for hydroxylation is 4. The molecule has 5 rings (SSSR count). The summed E-state index contributed by atoms with van der Waals surface area (Å²) in [6.45, 7) is 5.90. The summed E-state index contributed by atoms with van der Waals surface area (Å²) < 4.78 is 3.32. The molecule has 3 aromatic rings. The van der Waals surface area contributed by atoms with Crippen LogP contribution in [0.5, 0.6) is 0 Å². The summed E-state index contributed by atoms with van der Waals surface area (Å²) in [4.78, 5) is 49.2. The van der Waals surface area contributed by atoms with Gasteiger partial charge in [0, 0.05) is 32.0 Å². The molecule has 0 unspecified atom stereocenters. The average molecular weight is 588 g/mol. The van der Waals surface area contributed by atoms with Gasteiger partial charge in [-0.1, -0.05) is 57.0 Å². The Labute approximate surface area is 253 Å². The second-order valence-electron chi connectivity index (χ2n) is 11.6. The maximum Gasteiger partial charge on any atom is 0.341 e. The van der Waals surface area contributed by atoms with Crippen molar-refractivity contribution in [1.29, 1.82) is 0 Å². The lowest BCUT2D eigenvalue weighted by atomic mass is 9.89. The normalized spacial score (nSPS) is 13.7. The summed E-state index contributed by atoms with van der Waals surface area (Å²) in [7, 11) is 0. The SMILES string of the molecule is CCCCn1cc2c(c(C(=O)NCc3ccccc3)c1=O)CCCC2.CCCCn1cc2c(c(C(=O)O)c1=O)CCCC2. The summed E-state index contributed by atoms with van der Waals surface area (Å²) in [6.07, 6.45) is 15.4. The number of carboxylic acid groups (broad SMARTS) is 1. The number of aromatic nitrogens is 2. The molecular formula is C35H45N3O5. The molecule has 0 spiro atoms. The number of carbonyl (C=O) groups is 2. The first kappa shape index (κ1) is 32.0. The Morgan fingerprint density at radius 1 is 0.744 bits per heavy atom. The zero-order valence-electron chi connectivity index (χ0n) is 25.6. The molecule has 0 radical (unpaired) electrons. The van der Waals surface area contributed by atoms with Gasteiger partial charge in [0.1, 0.15) is 11.1 Å². The maximum absolute atomic E-state index is 12.9. The smallest absolute Gasteiger partial charge is 0.341 e. The number of aromatic carboxylic acids is 1. The van der Waals surface area contributed by atoms with E-state index >= 15 is 0 Å².